The summed E-state index contributed by atoms with van der Waals surface area (Å²) >= 11 is 5.50. The van der Waals surface area contributed by atoms with Crippen LogP contribution in [0.4, 0.5) is 11.4 Å². The zero-order valence-electron chi connectivity index (χ0n) is 11.7. The number of amides is 1. The molecular formula is C15H10ClN3O4. The molecule has 0 saturated carbocycles. The smallest absolute Gasteiger partial charge is 0.271 e. The fraction of sp³-hybridized carbons (Fsp3) is 0.0667. The molecule has 1 N–H and O–H groups in total. The molecule has 0 bridgehead atoms. The maximum Gasteiger partial charge on any atom is 0.271 e. The Morgan fingerprint density at radius 1 is 1.30 bits per heavy atom. The van der Waals surface area contributed by atoms with Gasteiger partial charge in [0.05, 0.1) is 16.2 Å². The predicted octanol–water partition coefficient (Wildman–Crippen LogP) is 3.58. The number of non-ortho nitro benzene ring substituents is 1. The van der Waals surface area contributed by atoms with Gasteiger partial charge in [-0.1, -0.05) is 12.1 Å². The second kappa shape index (κ2) is 6.05. The number of nitro groups is 1. The number of anilines is 1. The SMILES string of the molecule is O=C(CCl)Nc1ccccc1-c1nc2cc([N+](=O)[O-])ccc2o1. The number of nitrogens with one attached hydrogen (secondary N) is 1. The molecule has 0 spiro atoms. The Hall–Kier alpha value is -2.93. The number of aromatic nitrogens is 1. The Bertz CT molecular complexity index is 907. The number of halogens is 1. The molecule has 0 aliphatic carbocycles. The molecule has 0 radical (unpaired) electrons. The number of nitrogens with zero attached hydrogens (tertiary/aromatic N) is 2. The Morgan fingerprint density at radius 2 is 2.09 bits per heavy atom. The normalized spacial score (nSPS) is 10.7. The van der Waals surface area contributed by atoms with Crippen LogP contribution in [0.15, 0.2) is 46.9 Å². The van der Waals surface area contributed by atoms with E-state index in [-0.39, 0.29) is 23.4 Å². The fourth-order valence-corrected chi connectivity index (χ4v) is 2.17. The van der Waals surface area contributed by atoms with Crippen molar-refractivity contribution < 1.29 is 14.1 Å². The van der Waals surface area contributed by atoms with Crippen LogP contribution in [-0.4, -0.2) is 21.7 Å². The van der Waals surface area contributed by atoms with E-state index in [1.165, 1.54) is 18.2 Å². The van der Waals surface area contributed by atoms with E-state index in [9.17, 15) is 14.9 Å². The summed E-state index contributed by atoms with van der Waals surface area (Å²) < 4.78 is 5.63. The molecule has 23 heavy (non-hydrogen) atoms. The third-order valence-corrected chi connectivity index (χ3v) is 3.38. The molecular weight excluding hydrogens is 322 g/mol. The molecule has 0 fully saturated rings. The topological polar surface area (TPSA) is 98.3 Å². The molecule has 0 aliphatic heterocycles. The highest BCUT2D eigenvalue weighted by Gasteiger charge is 2.15. The molecule has 0 aliphatic rings. The molecule has 0 atom stereocenters. The number of fused-ring (bicyclic) bond motifs is 1. The minimum atomic E-state index is -0.498. The number of hydrogen-bond donors (Lipinski definition) is 1. The zero-order chi connectivity index (χ0) is 16.4. The number of rotatable bonds is 4. The van der Waals surface area contributed by atoms with Crippen LogP contribution in [0.3, 0.4) is 0 Å². The van der Waals surface area contributed by atoms with E-state index in [1.807, 2.05) is 0 Å². The van der Waals surface area contributed by atoms with Crippen molar-refractivity contribution in [3.63, 3.8) is 0 Å². The summed E-state index contributed by atoms with van der Waals surface area (Å²) in [6, 6.07) is 11.1. The van der Waals surface area contributed by atoms with Crippen LogP contribution in [0.1, 0.15) is 0 Å². The number of oxazole rings is 1. The van der Waals surface area contributed by atoms with Crippen LogP contribution in [0.5, 0.6) is 0 Å². The molecule has 7 nitrogen and oxygen atoms in total. The molecule has 2 aromatic carbocycles. The molecule has 3 rings (SSSR count). The van der Waals surface area contributed by atoms with Crippen molar-refractivity contribution >= 4 is 40.0 Å². The predicted molar refractivity (Wildman–Crippen MR) is 85.4 cm³/mol. The number of nitro benzene ring substituents is 1. The summed E-state index contributed by atoms with van der Waals surface area (Å²) in [6.45, 7) is 0. The Balaban J connectivity index is 2.06. The van der Waals surface area contributed by atoms with Gasteiger partial charge in [-0.15, -0.1) is 11.6 Å². The van der Waals surface area contributed by atoms with E-state index in [1.54, 1.807) is 24.3 Å². The number of carbonyl (C=O) groups is 1. The molecule has 0 unspecified atom stereocenters. The summed E-state index contributed by atoms with van der Waals surface area (Å²) in [4.78, 5) is 26.1. The van der Waals surface area contributed by atoms with Gasteiger partial charge < -0.3 is 9.73 Å². The van der Waals surface area contributed by atoms with Gasteiger partial charge in [0.1, 0.15) is 11.4 Å². The number of benzene rings is 2. The largest absolute Gasteiger partial charge is 0.436 e. The summed E-state index contributed by atoms with van der Waals surface area (Å²) in [5, 5.41) is 13.5. The molecule has 8 heteroatoms. The molecule has 3 aromatic rings. The second-order valence-corrected chi connectivity index (χ2v) is 4.92. The van der Waals surface area contributed by atoms with Crippen LogP contribution in [0.25, 0.3) is 22.6 Å². The monoisotopic (exact) mass is 331 g/mol. The lowest BCUT2D eigenvalue weighted by Crippen LogP contribution is -2.13. The first-order valence-corrected chi connectivity index (χ1v) is 7.12. The lowest BCUT2D eigenvalue weighted by atomic mass is 10.2. The van der Waals surface area contributed by atoms with Crippen LogP contribution in [-0.2, 0) is 4.79 Å². The average molecular weight is 332 g/mol. The minimum absolute atomic E-state index is 0.0684. The third-order valence-electron chi connectivity index (χ3n) is 3.13. The maximum atomic E-state index is 11.5. The summed E-state index contributed by atoms with van der Waals surface area (Å²) in [5.74, 6) is -0.273. The standard InChI is InChI=1S/C15H10ClN3O4/c16-8-14(20)17-11-4-2-1-3-10(11)15-18-12-7-9(19(21)22)5-6-13(12)23-15/h1-7H,8H2,(H,17,20). The quantitative estimate of drug-likeness (QED) is 0.447. The molecule has 1 aromatic heterocycles. The summed E-state index contributed by atoms with van der Waals surface area (Å²) in [7, 11) is 0. The van der Waals surface area contributed by atoms with Gasteiger partial charge in [0, 0.05) is 12.1 Å². The van der Waals surface area contributed by atoms with Crippen molar-refractivity contribution in [1.82, 2.24) is 4.98 Å². The van der Waals surface area contributed by atoms with E-state index < -0.39 is 4.92 Å². The van der Waals surface area contributed by atoms with Crippen molar-refractivity contribution in [3.05, 3.63) is 52.6 Å². The molecule has 1 amide bonds. The molecule has 116 valence electrons. The van der Waals surface area contributed by atoms with Crippen LogP contribution in [0, 0.1) is 10.1 Å². The number of carbonyl (C=O) groups excluding carboxylic acids is 1. The Morgan fingerprint density at radius 3 is 2.83 bits per heavy atom. The Labute approximate surface area is 135 Å². The fourth-order valence-electron chi connectivity index (χ4n) is 2.11. The van der Waals surface area contributed by atoms with Crippen LogP contribution in [0.2, 0.25) is 0 Å². The first-order chi connectivity index (χ1) is 11.1. The number of hydrogen-bond acceptors (Lipinski definition) is 5. The number of alkyl halides is 1. The van der Waals surface area contributed by atoms with Gasteiger partial charge >= 0.3 is 0 Å². The van der Waals surface area contributed by atoms with Gasteiger partial charge in [-0.25, -0.2) is 4.98 Å². The van der Waals surface area contributed by atoms with E-state index in [4.69, 9.17) is 16.0 Å². The van der Waals surface area contributed by atoms with Crippen LogP contribution < -0.4 is 5.32 Å². The summed E-state index contributed by atoms with van der Waals surface area (Å²) in [6.07, 6.45) is 0. The van der Waals surface area contributed by atoms with Crippen molar-refractivity contribution in [2.24, 2.45) is 0 Å². The van der Waals surface area contributed by atoms with Gasteiger partial charge in [0.25, 0.3) is 5.69 Å². The van der Waals surface area contributed by atoms with Gasteiger partial charge in [-0.2, -0.15) is 0 Å². The highest BCUT2D eigenvalue weighted by Crippen LogP contribution is 2.31. The lowest BCUT2D eigenvalue weighted by molar-refractivity contribution is -0.384. The van der Waals surface area contributed by atoms with Crippen molar-refractivity contribution in [1.29, 1.82) is 0 Å². The van der Waals surface area contributed by atoms with E-state index in [2.05, 4.69) is 10.3 Å². The lowest BCUT2D eigenvalue weighted by Gasteiger charge is -2.06. The highest BCUT2D eigenvalue weighted by atomic mass is 35.5. The van der Waals surface area contributed by atoms with Crippen molar-refractivity contribution in [2.45, 2.75) is 0 Å². The third kappa shape index (κ3) is 3.00. The van der Waals surface area contributed by atoms with E-state index in [0.717, 1.165) is 0 Å². The van der Waals surface area contributed by atoms with Gasteiger partial charge in [0.2, 0.25) is 11.8 Å². The molecule has 0 saturated heterocycles. The van der Waals surface area contributed by atoms with Gasteiger partial charge in [-0.05, 0) is 18.2 Å². The van der Waals surface area contributed by atoms with Crippen molar-refractivity contribution in [3.8, 4) is 11.5 Å². The summed E-state index contributed by atoms with van der Waals surface area (Å²) in [5.41, 5.74) is 1.78. The van der Waals surface area contributed by atoms with E-state index in [0.29, 0.717) is 22.4 Å². The average Bonchev–Trinajstić information content (AvgIpc) is 2.98. The van der Waals surface area contributed by atoms with E-state index >= 15 is 0 Å². The maximum absolute atomic E-state index is 11.5. The Kier molecular flexibility index (Phi) is 3.94. The van der Waals surface area contributed by atoms with Crippen molar-refractivity contribution in [2.75, 3.05) is 11.2 Å². The number of para-hydroxylation sites is 1. The zero-order valence-corrected chi connectivity index (χ0v) is 12.4. The van der Waals surface area contributed by atoms with Gasteiger partial charge in [-0.3, -0.25) is 14.9 Å². The minimum Gasteiger partial charge on any atom is -0.436 e. The molecule has 1 heterocycles. The highest BCUT2D eigenvalue weighted by molar-refractivity contribution is 6.29. The van der Waals surface area contributed by atoms with Gasteiger partial charge in [0.15, 0.2) is 5.58 Å². The first-order valence-electron chi connectivity index (χ1n) is 6.58. The van der Waals surface area contributed by atoms with Crippen LogP contribution >= 0.6 is 11.6 Å². The second-order valence-electron chi connectivity index (χ2n) is 4.66. The first kappa shape index (κ1) is 15.0.